The van der Waals surface area contributed by atoms with Gasteiger partial charge in [0.15, 0.2) is 5.69 Å². The average molecular weight is 383 g/mol. The van der Waals surface area contributed by atoms with Gasteiger partial charge in [0.25, 0.3) is 5.91 Å². The van der Waals surface area contributed by atoms with E-state index in [0.717, 1.165) is 51.1 Å². The Kier molecular flexibility index (Phi) is 5.90. The topological polar surface area (TPSA) is 72.3 Å². The van der Waals surface area contributed by atoms with Crippen molar-refractivity contribution in [1.82, 2.24) is 25.2 Å². The minimum absolute atomic E-state index is 0.0952. The predicted octanol–water partition coefficient (Wildman–Crippen LogP) is 2.80. The largest absolute Gasteiger partial charge is 0.497 e. The molecular weight excluding hydrogens is 354 g/mol. The predicted molar refractivity (Wildman–Crippen MR) is 106 cm³/mol. The van der Waals surface area contributed by atoms with Gasteiger partial charge < -0.3 is 10.1 Å². The first kappa shape index (κ1) is 18.9. The van der Waals surface area contributed by atoms with Gasteiger partial charge in [-0.1, -0.05) is 30.2 Å². The number of amides is 1. The number of nitrogens with zero attached hydrogens (tertiary/aromatic N) is 4. The zero-order chi connectivity index (χ0) is 19.3. The van der Waals surface area contributed by atoms with Crippen LogP contribution in [0.1, 0.15) is 60.6 Å². The molecule has 4 rings (SSSR count). The van der Waals surface area contributed by atoms with Crippen LogP contribution in [0, 0.1) is 0 Å². The first-order valence-electron chi connectivity index (χ1n) is 10.3. The summed E-state index contributed by atoms with van der Waals surface area (Å²) in [6, 6.07) is 8.77. The van der Waals surface area contributed by atoms with Crippen molar-refractivity contribution in [3.05, 3.63) is 41.7 Å². The Morgan fingerprint density at radius 2 is 2.11 bits per heavy atom. The zero-order valence-corrected chi connectivity index (χ0v) is 16.5. The molecule has 1 aliphatic heterocycles. The summed E-state index contributed by atoms with van der Waals surface area (Å²) < 4.78 is 7.20. The van der Waals surface area contributed by atoms with Gasteiger partial charge in [0, 0.05) is 19.1 Å². The lowest BCUT2D eigenvalue weighted by molar-refractivity contribution is 0.0932. The number of piperidine rings is 1. The molecule has 2 fully saturated rings. The van der Waals surface area contributed by atoms with Crippen LogP contribution in [0.4, 0.5) is 0 Å². The van der Waals surface area contributed by atoms with Gasteiger partial charge in [0.05, 0.1) is 19.3 Å². The molecule has 0 bridgehead atoms. The molecule has 0 unspecified atom stereocenters. The quantitative estimate of drug-likeness (QED) is 0.830. The Bertz CT molecular complexity index is 800. The summed E-state index contributed by atoms with van der Waals surface area (Å²) in [5, 5.41) is 11.5. The lowest BCUT2D eigenvalue weighted by atomic mass is 10.0. The number of aromatic nitrogens is 3. The van der Waals surface area contributed by atoms with Gasteiger partial charge in [-0.15, -0.1) is 5.10 Å². The first-order valence-corrected chi connectivity index (χ1v) is 10.3. The van der Waals surface area contributed by atoms with Crippen LogP contribution in [0.3, 0.4) is 0 Å². The third kappa shape index (κ3) is 4.52. The number of hydrogen-bond acceptors (Lipinski definition) is 5. The molecule has 2 aromatic rings. The van der Waals surface area contributed by atoms with Gasteiger partial charge >= 0.3 is 0 Å². The fourth-order valence-electron chi connectivity index (χ4n) is 4.31. The van der Waals surface area contributed by atoms with E-state index in [9.17, 15) is 4.79 Å². The lowest BCUT2D eigenvalue weighted by Gasteiger charge is -2.32. The van der Waals surface area contributed by atoms with Crippen LogP contribution in [0.15, 0.2) is 30.5 Å². The number of methoxy groups -OCH3 is 1. The fourth-order valence-corrected chi connectivity index (χ4v) is 4.31. The Morgan fingerprint density at radius 3 is 2.93 bits per heavy atom. The molecular formula is C21H29N5O2. The molecule has 1 aliphatic carbocycles. The second-order valence-electron chi connectivity index (χ2n) is 7.92. The molecule has 150 valence electrons. The van der Waals surface area contributed by atoms with Crippen LogP contribution in [0.2, 0.25) is 0 Å². The van der Waals surface area contributed by atoms with Crippen molar-refractivity contribution in [3.8, 4) is 5.75 Å². The zero-order valence-electron chi connectivity index (χ0n) is 16.5. The summed E-state index contributed by atoms with van der Waals surface area (Å²) in [5.41, 5.74) is 1.67. The molecule has 0 radical (unpaired) electrons. The lowest BCUT2D eigenvalue weighted by Crippen LogP contribution is -2.36. The standard InChI is InChI=1S/C21H29N5O2/c1-28-19-10-4-6-16(12-19)13-25-11-5-9-18(14-25)26-15-20(23-24-26)21(27)22-17-7-2-3-8-17/h4,6,10,12,15,17-18H,2-3,5,7-9,11,13-14H2,1H3,(H,22,27)/t18-/m0/s1. The SMILES string of the molecule is COc1cccc(CN2CCC[C@H](n3cc(C(=O)NC4CCCC4)nn3)C2)c1. The van der Waals surface area contributed by atoms with Crippen molar-refractivity contribution >= 4 is 5.91 Å². The fraction of sp³-hybridized carbons (Fsp3) is 0.571. The monoisotopic (exact) mass is 383 g/mol. The van der Waals surface area contributed by atoms with Crippen molar-refractivity contribution in [2.75, 3.05) is 20.2 Å². The minimum Gasteiger partial charge on any atom is -0.497 e. The van der Waals surface area contributed by atoms with Crippen LogP contribution in [0.5, 0.6) is 5.75 Å². The molecule has 7 heteroatoms. The Labute approximate surface area is 166 Å². The van der Waals surface area contributed by atoms with E-state index in [-0.39, 0.29) is 11.9 Å². The molecule has 7 nitrogen and oxygen atoms in total. The van der Waals surface area contributed by atoms with Crippen LogP contribution < -0.4 is 10.1 Å². The maximum atomic E-state index is 12.4. The van der Waals surface area contributed by atoms with Gasteiger partial charge in [0.2, 0.25) is 0 Å². The highest BCUT2D eigenvalue weighted by molar-refractivity contribution is 5.92. The molecule has 1 saturated heterocycles. The summed E-state index contributed by atoms with van der Waals surface area (Å²) in [6.07, 6.45) is 8.51. The van der Waals surface area contributed by atoms with E-state index in [2.05, 4.69) is 32.7 Å². The second-order valence-corrected chi connectivity index (χ2v) is 7.92. The molecule has 1 aromatic carbocycles. The van der Waals surface area contributed by atoms with Gasteiger partial charge in [-0.05, 0) is 49.9 Å². The number of carbonyl (C=O) groups is 1. The van der Waals surface area contributed by atoms with Crippen LogP contribution in [0.25, 0.3) is 0 Å². The van der Waals surface area contributed by atoms with Crippen molar-refractivity contribution in [1.29, 1.82) is 0 Å². The van der Waals surface area contributed by atoms with Crippen molar-refractivity contribution in [2.45, 2.75) is 57.2 Å². The van der Waals surface area contributed by atoms with Gasteiger partial charge in [-0.25, -0.2) is 4.68 Å². The summed E-state index contributed by atoms with van der Waals surface area (Å²) >= 11 is 0. The van der Waals surface area contributed by atoms with E-state index in [0.29, 0.717) is 11.7 Å². The van der Waals surface area contributed by atoms with Crippen molar-refractivity contribution in [3.63, 3.8) is 0 Å². The van der Waals surface area contributed by atoms with E-state index in [1.807, 2.05) is 23.0 Å². The third-order valence-electron chi connectivity index (χ3n) is 5.83. The molecule has 1 amide bonds. The third-order valence-corrected chi connectivity index (χ3v) is 5.83. The molecule has 1 saturated carbocycles. The van der Waals surface area contributed by atoms with Crippen molar-refractivity contribution in [2.24, 2.45) is 0 Å². The number of ether oxygens (including phenoxy) is 1. The van der Waals surface area contributed by atoms with E-state index < -0.39 is 0 Å². The summed E-state index contributed by atoms with van der Waals surface area (Å²) in [4.78, 5) is 14.8. The molecule has 2 aliphatic rings. The van der Waals surface area contributed by atoms with Crippen molar-refractivity contribution < 1.29 is 9.53 Å². The Hall–Kier alpha value is -2.41. The first-order chi connectivity index (χ1) is 13.7. The van der Waals surface area contributed by atoms with E-state index >= 15 is 0 Å². The van der Waals surface area contributed by atoms with E-state index in [1.54, 1.807) is 7.11 Å². The number of carbonyl (C=O) groups excluding carboxylic acids is 1. The summed E-state index contributed by atoms with van der Waals surface area (Å²) in [7, 11) is 1.70. The number of hydrogen-bond donors (Lipinski definition) is 1. The summed E-state index contributed by atoms with van der Waals surface area (Å²) in [6.45, 7) is 2.86. The highest BCUT2D eigenvalue weighted by Crippen LogP contribution is 2.23. The molecule has 1 aromatic heterocycles. The molecule has 1 atom stereocenters. The molecule has 1 N–H and O–H groups in total. The number of likely N-dealkylation sites (tertiary alicyclic amines) is 1. The Morgan fingerprint density at radius 1 is 1.25 bits per heavy atom. The van der Waals surface area contributed by atoms with Crippen LogP contribution in [-0.2, 0) is 6.54 Å². The second kappa shape index (κ2) is 8.73. The smallest absolute Gasteiger partial charge is 0.273 e. The maximum absolute atomic E-state index is 12.4. The van der Waals surface area contributed by atoms with E-state index in [4.69, 9.17) is 4.74 Å². The Balaban J connectivity index is 1.36. The van der Waals surface area contributed by atoms with Gasteiger partial charge in [-0.3, -0.25) is 9.69 Å². The summed E-state index contributed by atoms with van der Waals surface area (Å²) in [5.74, 6) is 0.794. The van der Waals surface area contributed by atoms with E-state index in [1.165, 1.54) is 18.4 Å². The minimum atomic E-state index is -0.0952. The molecule has 28 heavy (non-hydrogen) atoms. The maximum Gasteiger partial charge on any atom is 0.273 e. The number of nitrogens with one attached hydrogen (secondary N) is 1. The normalized spacial score (nSPS) is 21.0. The molecule has 0 spiro atoms. The highest BCUT2D eigenvalue weighted by atomic mass is 16.5. The van der Waals surface area contributed by atoms with Crippen LogP contribution >= 0.6 is 0 Å². The number of rotatable bonds is 6. The van der Waals surface area contributed by atoms with Crippen LogP contribution in [-0.4, -0.2) is 52.0 Å². The average Bonchev–Trinajstić information content (AvgIpc) is 3.40. The van der Waals surface area contributed by atoms with Gasteiger partial charge in [-0.2, -0.15) is 0 Å². The number of benzene rings is 1. The molecule has 2 heterocycles. The highest BCUT2D eigenvalue weighted by Gasteiger charge is 2.25. The van der Waals surface area contributed by atoms with Gasteiger partial charge in [0.1, 0.15) is 5.75 Å².